The summed E-state index contributed by atoms with van der Waals surface area (Å²) in [5.41, 5.74) is -0.0720. The predicted molar refractivity (Wildman–Crippen MR) is 41.5 cm³/mol. The van der Waals surface area contributed by atoms with Gasteiger partial charge in [-0.3, -0.25) is 4.79 Å². The van der Waals surface area contributed by atoms with E-state index >= 15 is 0 Å². The van der Waals surface area contributed by atoms with Crippen molar-refractivity contribution in [2.24, 2.45) is 0 Å². The van der Waals surface area contributed by atoms with Crippen molar-refractivity contribution in [1.29, 1.82) is 10.5 Å². The molecule has 1 rings (SSSR count). The second-order valence-corrected chi connectivity index (χ2v) is 2.23. The molecule has 0 bridgehead atoms. The van der Waals surface area contributed by atoms with E-state index in [1.54, 1.807) is 12.1 Å². The van der Waals surface area contributed by atoms with E-state index in [0.717, 1.165) is 6.20 Å². The van der Waals surface area contributed by atoms with Crippen LogP contribution >= 0.6 is 0 Å². The number of rotatable bonds is 1. The smallest absolute Gasteiger partial charge is 0.181 e. The maximum Gasteiger partial charge on any atom is 0.181 e. The number of nitrogens with zero attached hydrogens (tertiary/aromatic N) is 4. The van der Waals surface area contributed by atoms with Crippen LogP contribution in [-0.2, 0) is 0 Å². The fourth-order valence-electron chi connectivity index (χ4n) is 0.770. The summed E-state index contributed by atoms with van der Waals surface area (Å²) >= 11 is 0. The van der Waals surface area contributed by atoms with E-state index < -0.39 is 0 Å². The van der Waals surface area contributed by atoms with Crippen molar-refractivity contribution in [2.75, 3.05) is 0 Å². The Labute approximate surface area is 74.3 Å². The number of nitriles is 2. The first-order chi connectivity index (χ1) is 6.19. The SMILES string of the molecule is CC(=O)c1nc(C#N)cnc1C#N. The highest BCUT2D eigenvalue weighted by Gasteiger charge is 2.10. The zero-order valence-corrected chi connectivity index (χ0v) is 6.77. The summed E-state index contributed by atoms with van der Waals surface area (Å²) in [7, 11) is 0. The second-order valence-electron chi connectivity index (χ2n) is 2.23. The Kier molecular flexibility index (Phi) is 2.32. The number of hydrogen-bond donors (Lipinski definition) is 0. The van der Waals surface area contributed by atoms with Gasteiger partial charge in [0.1, 0.15) is 17.8 Å². The molecule has 0 aromatic carbocycles. The van der Waals surface area contributed by atoms with Crippen molar-refractivity contribution in [3.05, 3.63) is 23.3 Å². The summed E-state index contributed by atoms with van der Waals surface area (Å²) in [5, 5.41) is 17.0. The molecule has 0 amide bonds. The largest absolute Gasteiger partial charge is 0.293 e. The highest BCUT2D eigenvalue weighted by Crippen LogP contribution is 2.02. The first-order valence-corrected chi connectivity index (χ1v) is 3.37. The summed E-state index contributed by atoms with van der Waals surface area (Å²) in [6, 6.07) is 3.46. The van der Waals surface area contributed by atoms with E-state index in [0.29, 0.717) is 0 Å². The lowest BCUT2D eigenvalue weighted by Crippen LogP contribution is -2.04. The summed E-state index contributed by atoms with van der Waals surface area (Å²) in [5.74, 6) is -0.374. The fourth-order valence-corrected chi connectivity index (χ4v) is 0.770. The molecule has 1 aromatic heterocycles. The molecule has 0 aliphatic carbocycles. The predicted octanol–water partition coefficient (Wildman–Crippen LogP) is 0.423. The molecule has 5 nitrogen and oxygen atoms in total. The number of ketones is 1. The maximum absolute atomic E-state index is 10.9. The molecule has 0 fully saturated rings. The number of hydrogen-bond acceptors (Lipinski definition) is 5. The molecule has 0 unspecified atom stereocenters. The minimum atomic E-state index is -0.374. The van der Waals surface area contributed by atoms with Gasteiger partial charge in [0.2, 0.25) is 0 Å². The Balaban J connectivity index is 3.39. The Morgan fingerprint density at radius 3 is 2.62 bits per heavy atom. The summed E-state index contributed by atoms with van der Waals surface area (Å²) in [4.78, 5) is 18.2. The Morgan fingerprint density at radius 1 is 1.46 bits per heavy atom. The van der Waals surface area contributed by atoms with Gasteiger partial charge in [0.15, 0.2) is 17.2 Å². The van der Waals surface area contributed by atoms with Gasteiger partial charge in [-0.15, -0.1) is 0 Å². The normalized spacial score (nSPS) is 8.54. The fraction of sp³-hybridized carbons (Fsp3) is 0.125. The van der Waals surface area contributed by atoms with Crippen LogP contribution in [0.4, 0.5) is 0 Å². The third-order valence-corrected chi connectivity index (χ3v) is 1.33. The molecule has 0 saturated carbocycles. The van der Waals surface area contributed by atoms with Crippen molar-refractivity contribution in [3.8, 4) is 12.1 Å². The van der Waals surface area contributed by atoms with Crippen LogP contribution in [0.25, 0.3) is 0 Å². The summed E-state index contributed by atoms with van der Waals surface area (Å²) in [6.45, 7) is 1.27. The number of carbonyl (C=O) groups is 1. The van der Waals surface area contributed by atoms with E-state index in [-0.39, 0.29) is 22.9 Å². The van der Waals surface area contributed by atoms with Crippen molar-refractivity contribution in [1.82, 2.24) is 9.97 Å². The molecule has 5 heteroatoms. The van der Waals surface area contributed by atoms with E-state index in [2.05, 4.69) is 9.97 Å². The summed E-state index contributed by atoms with van der Waals surface area (Å²) in [6.07, 6.45) is 1.16. The van der Waals surface area contributed by atoms with Gasteiger partial charge in [0, 0.05) is 6.92 Å². The van der Waals surface area contributed by atoms with E-state index in [1.807, 2.05) is 0 Å². The first-order valence-electron chi connectivity index (χ1n) is 3.37. The van der Waals surface area contributed by atoms with Crippen molar-refractivity contribution >= 4 is 5.78 Å². The van der Waals surface area contributed by atoms with Gasteiger partial charge in [-0.25, -0.2) is 9.97 Å². The highest BCUT2D eigenvalue weighted by atomic mass is 16.1. The monoisotopic (exact) mass is 172 g/mol. The Morgan fingerprint density at radius 2 is 2.15 bits per heavy atom. The van der Waals surface area contributed by atoms with Gasteiger partial charge in [-0.2, -0.15) is 10.5 Å². The molecular weight excluding hydrogens is 168 g/mol. The van der Waals surface area contributed by atoms with Crippen molar-refractivity contribution < 1.29 is 4.79 Å². The third-order valence-electron chi connectivity index (χ3n) is 1.33. The Bertz CT molecular complexity index is 438. The average molecular weight is 172 g/mol. The van der Waals surface area contributed by atoms with Crippen molar-refractivity contribution in [2.45, 2.75) is 6.92 Å². The molecule has 1 aromatic rings. The molecule has 0 saturated heterocycles. The highest BCUT2D eigenvalue weighted by molar-refractivity contribution is 5.94. The van der Waals surface area contributed by atoms with Crippen LogP contribution in [0, 0.1) is 22.7 Å². The lowest BCUT2D eigenvalue weighted by atomic mass is 10.2. The van der Waals surface area contributed by atoms with Crippen LogP contribution in [0.15, 0.2) is 6.20 Å². The van der Waals surface area contributed by atoms with Crippen LogP contribution in [0.3, 0.4) is 0 Å². The zero-order valence-electron chi connectivity index (χ0n) is 6.77. The van der Waals surface area contributed by atoms with E-state index in [1.165, 1.54) is 6.92 Å². The zero-order chi connectivity index (χ0) is 9.84. The molecule has 0 spiro atoms. The molecule has 0 aliphatic heterocycles. The number of Topliss-reactive ketones (excluding diaryl/α,β-unsaturated/α-hetero) is 1. The molecule has 0 aliphatic rings. The van der Waals surface area contributed by atoms with E-state index in [9.17, 15) is 4.79 Å². The molecule has 0 N–H and O–H groups in total. The molecule has 1 heterocycles. The van der Waals surface area contributed by atoms with Crippen LogP contribution in [0.5, 0.6) is 0 Å². The van der Waals surface area contributed by atoms with Gasteiger partial charge >= 0.3 is 0 Å². The van der Waals surface area contributed by atoms with Gasteiger partial charge in [0.25, 0.3) is 0 Å². The molecule has 0 radical (unpaired) electrons. The summed E-state index contributed by atoms with van der Waals surface area (Å²) < 4.78 is 0. The van der Waals surface area contributed by atoms with Crippen LogP contribution < -0.4 is 0 Å². The van der Waals surface area contributed by atoms with Gasteiger partial charge in [-0.1, -0.05) is 0 Å². The van der Waals surface area contributed by atoms with Gasteiger partial charge < -0.3 is 0 Å². The lowest BCUT2D eigenvalue weighted by Gasteiger charge is -1.96. The van der Waals surface area contributed by atoms with Crippen LogP contribution in [0.1, 0.15) is 28.8 Å². The average Bonchev–Trinajstić information content (AvgIpc) is 2.16. The first kappa shape index (κ1) is 8.82. The number of aromatic nitrogens is 2. The van der Waals surface area contributed by atoms with Crippen LogP contribution in [0.2, 0.25) is 0 Å². The lowest BCUT2D eigenvalue weighted by molar-refractivity contribution is 0.101. The van der Waals surface area contributed by atoms with Crippen LogP contribution in [-0.4, -0.2) is 15.8 Å². The number of carbonyl (C=O) groups excluding carboxylic acids is 1. The topological polar surface area (TPSA) is 90.4 Å². The van der Waals surface area contributed by atoms with Gasteiger partial charge in [0.05, 0.1) is 6.20 Å². The minimum Gasteiger partial charge on any atom is -0.293 e. The molecule has 62 valence electrons. The molecule has 0 atom stereocenters. The molecular formula is C8H4N4O. The Hall–Kier alpha value is -2.27. The third kappa shape index (κ3) is 1.66. The quantitative estimate of drug-likeness (QED) is 0.572. The van der Waals surface area contributed by atoms with Gasteiger partial charge in [-0.05, 0) is 0 Å². The standard InChI is InChI=1S/C8H4N4O/c1-5(13)8-7(3-10)11-4-6(2-9)12-8/h4H,1H3. The minimum absolute atomic E-state index is 0.0317. The van der Waals surface area contributed by atoms with Crippen molar-refractivity contribution in [3.63, 3.8) is 0 Å². The molecule has 13 heavy (non-hydrogen) atoms. The maximum atomic E-state index is 10.9. The second kappa shape index (κ2) is 3.42. The van der Waals surface area contributed by atoms with E-state index in [4.69, 9.17) is 10.5 Å².